The first kappa shape index (κ1) is 21.8. The molecular formula is C23H37N3O3+2. The lowest BCUT2D eigenvalue weighted by Crippen LogP contribution is -3.28. The number of hydrogen-bond donors (Lipinski definition) is 3. The van der Waals surface area contributed by atoms with Crippen molar-refractivity contribution in [2.24, 2.45) is 0 Å². The van der Waals surface area contributed by atoms with Crippen molar-refractivity contribution in [2.75, 3.05) is 53.0 Å². The molecule has 2 aromatic rings. The summed E-state index contributed by atoms with van der Waals surface area (Å²) >= 11 is 0. The summed E-state index contributed by atoms with van der Waals surface area (Å²) in [6.07, 6.45) is 4.24. The fourth-order valence-electron chi connectivity index (χ4n) is 4.18. The minimum absolute atomic E-state index is 0.155. The van der Waals surface area contributed by atoms with Crippen molar-refractivity contribution in [3.05, 3.63) is 35.6 Å². The van der Waals surface area contributed by atoms with Crippen LogP contribution in [-0.4, -0.2) is 58.9 Å². The lowest BCUT2D eigenvalue weighted by atomic mass is 10.1. The largest absolute Gasteiger partial charge is 0.461 e. The molecule has 0 unspecified atom stereocenters. The van der Waals surface area contributed by atoms with Crippen molar-refractivity contribution in [1.29, 1.82) is 0 Å². The number of carbonyl (C=O) groups is 1. The van der Waals surface area contributed by atoms with Gasteiger partial charge in [0, 0.05) is 32.1 Å². The van der Waals surface area contributed by atoms with Gasteiger partial charge in [-0.2, -0.15) is 0 Å². The molecule has 1 amide bonds. The molecule has 1 aliphatic rings. The van der Waals surface area contributed by atoms with Crippen molar-refractivity contribution >= 4 is 16.9 Å². The number of para-hydroxylation sites is 1. The number of benzene rings is 1. The number of quaternary nitrogens is 2. The van der Waals surface area contributed by atoms with E-state index in [1.807, 2.05) is 0 Å². The minimum atomic E-state index is 0.155. The monoisotopic (exact) mass is 403 g/mol. The predicted octanol–water partition coefficient (Wildman–Crippen LogP) is 0.212. The highest BCUT2D eigenvalue weighted by atomic mass is 16.5. The Morgan fingerprint density at radius 2 is 1.90 bits per heavy atom. The Hall–Kier alpha value is -1.89. The van der Waals surface area contributed by atoms with E-state index in [0.29, 0.717) is 19.7 Å². The van der Waals surface area contributed by atoms with Crippen molar-refractivity contribution in [2.45, 2.75) is 39.2 Å². The second-order valence-electron chi connectivity index (χ2n) is 8.15. The van der Waals surface area contributed by atoms with E-state index in [9.17, 15) is 4.79 Å². The number of aryl methyl sites for hydroxylation is 1. The molecule has 0 saturated carbocycles. The third-order valence-electron chi connectivity index (χ3n) is 5.89. The van der Waals surface area contributed by atoms with Crippen LogP contribution >= 0.6 is 0 Å². The SMILES string of the molecule is CCCCc1oc2ccccc2c1C[NH+]1CC[NH+](CC(=O)NCCCOC)CC1. The average Bonchev–Trinajstić information content (AvgIpc) is 3.08. The van der Waals surface area contributed by atoms with E-state index in [1.54, 1.807) is 12.0 Å². The van der Waals surface area contributed by atoms with Gasteiger partial charge in [0.05, 0.1) is 5.56 Å². The van der Waals surface area contributed by atoms with E-state index < -0.39 is 0 Å². The van der Waals surface area contributed by atoms with E-state index in [2.05, 4.69) is 36.5 Å². The van der Waals surface area contributed by atoms with Gasteiger partial charge in [0.2, 0.25) is 0 Å². The van der Waals surface area contributed by atoms with E-state index in [0.717, 1.165) is 51.1 Å². The number of hydrogen-bond acceptors (Lipinski definition) is 3. The number of methoxy groups -OCH3 is 1. The highest BCUT2D eigenvalue weighted by molar-refractivity contribution is 5.82. The van der Waals surface area contributed by atoms with Crippen molar-refractivity contribution in [3.63, 3.8) is 0 Å². The highest BCUT2D eigenvalue weighted by Crippen LogP contribution is 2.26. The molecule has 6 heteroatoms. The Bertz CT molecular complexity index is 766. The summed E-state index contributed by atoms with van der Waals surface area (Å²) in [7, 11) is 1.69. The van der Waals surface area contributed by atoms with Crippen molar-refractivity contribution < 1.29 is 23.7 Å². The van der Waals surface area contributed by atoms with Gasteiger partial charge in [-0.15, -0.1) is 0 Å². The van der Waals surface area contributed by atoms with E-state index in [-0.39, 0.29) is 5.91 Å². The zero-order chi connectivity index (χ0) is 20.5. The second-order valence-corrected chi connectivity index (χ2v) is 8.15. The van der Waals surface area contributed by atoms with Gasteiger partial charge in [0.25, 0.3) is 5.91 Å². The Morgan fingerprint density at radius 3 is 2.66 bits per heavy atom. The van der Waals surface area contributed by atoms with Gasteiger partial charge in [0.15, 0.2) is 6.54 Å². The summed E-state index contributed by atoms with van der Waals surface area (Å²) in [4.78, 5) is 15.1. The maximum Gasteiger partial charge on any atom is 0.275 e. The number of nitrogens with one attached hydrogen (secondary N) is 3. The van der Waals surface area contributed by atoms with Crippen molar-refractivity contribution in [3.8, 4) is 0 Å². The van der Waals surface area contributed by atoms with Gasteiger partial charge < -0.3 is 24.3 Å². The molecule has 0 bridgehead atoms. The Kier molecular flexibility index (Phi) is 8.52. The maximum absolute atomic E-state index is 12.1. The maximum atomic E-state index is 12.1. The summed E-state index contributed by atoms with van der Waals surface area (Å²) in [6, 6.07) is 8.43. The molecule has 29 heavy (non-hydrogen) atoms. The standard InChI is InChI=1S/C23H35N3O3/c1-3-4-9-22-20(19-8-5-6-10-21(19)29-22)17-25-12-14-26(15-13-25)18-23(27)24-11-7-16-28-2/h5-6,8,10H,3-4,7,9,11-18H2,1-2H3,(H,24,27)/p+2. The fraction of sp³-hybridized carbons (Fsp3) is 0.609. The zero-order valence-electron chi connectivity index (χ0n) is 18.0. The summed E-state index contributed by atoms with van der Waals surface area (Å²) in [5.74, 6) is 1.33. The molecule has 0 aliphatic carbocycles. The molecular weight excluding hydrogens is 366 g/mol. The Morgan fingerprint density at radius 1 is 1.14 bits per heavy atom. The van der Waals surface area contributed by atoms with Crippen LogP contribution in [0.3, 0.4) is 0 Å². The molecule has 1 aromatic carbocycles. The Balaban J connectivity index is 1.51. The highest BCUT2D eigenvalue weighted by Gasteiger charge is 2.27. The topological polar surface area (TPSA) is 60.4 Å². The van der Waals surface area contributed by atoms with E-state index in [1.165, 1.54) is 34.5 Å². The quantitative estimate of drug-likeness (QED) is 0.470. The molecule has 1 fully saturated rings. The minimum Gasteiger partial charge on any atom is -0.461 e. The van der Waals surface area contributed by atoms with Crippen LogP contribution in [-0.2, 0) is 22.5 Å². The molecule has 3 N–H and O–H groups in total. The van der Waals surface area contributed by atoms with Crippen LogP contribution in [0.25, 0.3) is 11.0 Å². The van der Waals surface area contributed by atoms with Crippen LogP contribution < -0.4 is 15.1 Å². The third kappa shape index (κ3) is 6.29. The molecule has 2 heterocycles. The molecule has 1 aliphatic heterocycles. The summed E-state index contributed by atoms with van der Waals surface area (Å²) in [5, 5.41) is 4.27. The zero-order valence-corrected chi connectivity index (χ0v) is 18.0. The van der Waals surface area contributed by atoms with Crippen molar-refractivity contribution in [1.82, 2.24) is 5.32 Å². The van der Waals surface area contributed by atoms with Gasteiger partial charge in [-0.25, -0.2) is 0 Å². The number of fused-ring (bicyclic) bond motifs is 1. The first-order valence-corrected chi connectivity index (χ1v) is 11.1. The first-order chi connectivity index (χ1) is 14.2. The summed E-state index contributed by atoms with van der Waals surface area (Å²) in [5.41, 5.74) is 2.41. The number of unbranched alkanes of at least 4 members (excludes halogenated alkanes) is 1. The lowest BCUT2D eigenvalue weighted by Gasteiger charge is -2.29. The van der Waals surface area contributed by atoms with Gasteiger partial charge in [0.1, 0.15) is 44.1 Å². The normalized spacial score (nSPS) is 19.5. The number of carbonyl (C=O) groups excluding carboxylic acids is 1. The number of furan rings is 1. The average molecular weight is 404 g/mol. The molecule has 6 nitrogen and oxygen atoms in total. The number of amides is 1. The molecule has 0 atom stereocenters. The number of piperazine rings is 1. The van der Waals surface area contributed by atoms with Gasteiger partial charge in [-0.05, 0) is 18.9 Å². The summed E-state index contributed by atoms with van der Waals surface area (Å²) in [6.45, 7) is 9.50. The number of rotatable bonds is 11. The van der Waals surface area contributed by atoms with Gasteiger partial charge in [-0.3, -0.25) is 4.79 Å². The molecule has 1 aromatic heterocycles. The van der Waals surface area contributed by atoms with E-state index in [4.69, 9.17) is 9.15 Å². The Labute approximate surface area is 174 Å². The molecule has 0 radical (unpaired) electrons. The predicted molar refractivity (Wildman–Crippen MR) is 114 cm³/mol. The smallest absolute Gasteiger partial charge is 0.275 e. The molecule has 0 spiro atoms. The lowest BCUT2D eigenvalue weighted by molar-refractivity contribution is -1.02. The van der Waals surface area contributed by atoms with E-state index >= 15 is 0 Å². The van der Waals surface area contributed by atoms with Crippen LogP contribution in [0.2, 0.25) is 0 Å². The fourth-order valence-corrected chi connectivity index (χ4v) is 4.18. The second kappa shape index (κ2) is 11.3. The van der Waals surface area contributed by atoms with Crippen LogP contribution in [0.5, 0.6) is 0 Å². The van der Waals surface area contributed by atoms with Gasteiger partial charge in [-0.1, -0.05) is 31.5 Å². The van der Waals surface area contributed by atoms with Crippen LogP contribution in [0.1, 0.15) is 37.5 Å². The molecule has 3 rings (SSSR count). The molecule has 160 valence electrons. The van der Waals surface area contributed by atoms with Crippen LogP contribution in [0.15, 0.2) is 28.7 Å². The van der Waals surface area contributed by atoms with Crippen LogP contribution in [0, 0.1) is 0 Å². The molecule has 1 saturated heterocycles. The van der Waals surface area contributed by atoms with Crippen LogP contribution in [0.4, 0.5) is 0 Å². The third-order valence-corrected chi connectivity index (χ3v) is 5.89. The first-order valence-electron chi connectivity index (χ1n) is 11.1. The summed E-state index contributed by atoms with van der Waals surface area (Å²) < 4.78 is 11.2. The number of ether oxygens (including phenoxy) is 1. The van der Waals surface area contributed by atoms with Gasteiger partial charge >= 0.3 is 0 Å².